The largest absolute Gasteiger partial charge is 0.345 e. The second kappa shape index (κ2) is 9.17. The lowest BCUT2D eigenvalue weighted by molar-refractivity contribution is 0.0939. The fourth-order valence-electron chi connectivity index (χ4n) is 2.70. The fourth-order valence-corrected chi connectivity index (χ4v) is 4.24. The molecule has 0 spiro atoms. The molecule has 2 aromatic carbocycles. The van der Waals surface area contributed by atoms with Crippen molar-refractivity contribution in [1.29, 1.82) is 0 Å². The number of pyridine rings is 1. The van der Waals surface area contributed by atoms with Crippen LogP contribution in [0.4, 0.5) is 0 Å². The number of carbonyl (C=O) groups excluding carboxylic acids is 1. The highest BCUT2D eigenvalue weighted by molar-refractivity contribution is 7.89. The minimum atomic E-state index is -3.90. The summed E-state index contributed by atoms with van der Waals surface area (Å²) in [5.41, 5.74) is 1.85. The van der Waals surface area contributed by atoms with Crippen LogP contribution in [0.1, 0.15) is 34.5 Å². The van der Waals surface area contributed by atoms with Crippen LogP contribution in [0.2, 0.25) is 5.02 Å². The van der Waals surface area contributed by atoms with Crippen LogP contribution < -0.4 is 10.0 Å². The predicted octanol–water partition coefficient (Wildman–Crippen LogP) is 3.70. The van der Waals surface area contributed by atoms with Gasteiger partial charge >= 0.3 is 0 Å². The molecule has 0 aliphatic carbocycles. The number of nitrogens with one attached hydrogen (secondary N) is 2. The molecule has 0 aliphatic heterocycles. The molecule has 0 saturated carbocycles. The Bertz CT molecular complexity index is 1090. The Morgan fingerprint density at radius 2 is 1.86 bits per heavy atom. The Labute approximate surface area is 175 Å². The van der Waals surface area contributed by atoms with Crippen molar-refractivity contribution in [2.24, 2.45) is 0 Å². The van der Waals surface area contributed by atoms with Crippen molar-refractivity contribution in [2.45, 2.75) is 24.4 Å². The maximum Gasteiger partial charge on any atom is 0.251 e. The Hall–Kier alpha value is -2.74. The molecule has 0 fully saturated rings. The summed E-state index contributed by atoms with van der Waals surface area (Å²) < 4.78 is 27.9. The maximum absolute atomic E-state index is 12.7. The van der Waals surface area contributed by atoms with Gasteiger partial charge < -0.3 is 5.32 Å². The van der Waals surface area contributed by atoms with Crippen molar-refractivity contribution in [3.63, 3.8) is 0 Å². The fraction of sp³-hybridized carbons (Fsp3) is 0.143. The second-order valence-corrected chi connectivity index (χ2v) is 8.58. The number of nitrogens with zero attached hydrogens (tertiary/aromatic N) is 1. The smallest absolute Gasteiger partial charge is 0.251 e. The lowest BCUT2D eigenvalue weighted by Gasteiger charge is -2.15. The van der Waals surface area contributed by atoms with Gasteiger partial charge in [-0.05, 0) is 42.3 Å². The van der Waals surface area contributed by atoms with Crippen molar-refractivity contribution in [3.05, 3.63) is 94.8 Å². The number of carbonyl (C=O) groups is 1. The highest BCUT2D eigenvalue weighted by atomic mass is 35.5. The molecule has 1 unspecified atom stereocenters. The average Bonchev–Trinajstić information content (AvgIpc) is 2.74. The number of halogens is 1. The SMILES string of the molecule is CC(NC(=O)c1ccc(Cl)c(S(=O)(=O)NCc2ccccc2)c1)c1cccnc1. The highest BCUT2D eigenvalue weighted by Crippen LogP contribution is 2.23. The highest BCUT2D eigenvalue weighted by Gasteiger charge is 2.21. The predicted molar refractivity (Wildman–Crippen MR) is 112 cm³/mol. The minimum Gasteiger partial charge on any atom is -0.345 e. The molecule has 29 heavy (non-hydrogen) atoms. The monoisotopic (exact) mass is 429 g/mol. The van der Waals surface area contributed by atoms with E-state index in [0.29, 0.717) is 0 Å². The lowest BCUT2D eigenvalue weighted by Crippen LogP contribution is -2.28. The molecule has 2 N–H and O–H groups in total. The minimum absolute atomic E-state index is 0.0439. The summed E-state index contributed by atoms with van der Waals surface area (Å²) in [6.45, 7) is 1.94. The Morgan fingerprint density at radius 1 is 1.10 bits per heavy atom. The van der Waals surface area contributed by atoms with E-state index in [-0.39, 0.29) is 28.1 Å². The summed E-state index contributed by atoms with van der Waals surface area (Å²) in [7, 11) is -3.90. The molecule has 1 amide bonds. The number of aromatic nitrogens is 1. The van der Waals surface area contributed by atoms with Crippen LogP contribution in [0.15, 0.2) is 78.0 Å². The van der Waals surface area contributed by atoms with Gasteiger partial charge in [0.15, 0.2) is 0 Å². The number of rotatable bonds is 7. The van der Waals surface area contributed by atoms with Crippen LogP contribution >= 0.6 is 11.6 Å². The zero-order valence-electron chi connectivity index (χ0n) is 15.7. The van der Waals surface area contributed by atoms with E-state index in [4.69, 9.17) is 11.6 Å². The van der Waals surface area contributed by atoms with Crippen molar-refractivity contribution in [1.82, 2.24) is 15.0 Å². The molecule has 0 saturated heterocycles. The van der Waals surface area contributed by atoms with Gasteiger partial charge in [-0.1, -0.05) is 48.0 Å². The Kier molecular flexibility index (Phi) is 6.64. The number of benzene rings is 2. The number of sulfonamides is 1. The zero-order chi connectivity index (χ0) is 20.9. The topological polar surface area (TPSA) is 88.2 Å². The van der Waals surface area contributed by atoms with Gasteiger partial charge in [-0.2, -0.15) is 0 Å². The number of hydrogen-bond donors (Lipinski definition) is 2. The van der Waals surface area contributed by atoms with Gasteiger partial charge in [0.25, 0.3) is 5.91 Å². The normalized spacial score (nSPS) is 12.3. The molecule has 0 aliphatic rings. The van der Waals surface area contributed by atoms with E-state index < -0.39 is 15.9 Å². The summed E-state index contributed by atoms with van der Waals surface area (Å²) in [4.78, 5) is 16.5. The molecule has 1 heterocycles. The number of amides is 1. The molecule has 0 radical (unpaired) electrons. The molecular formula is C21H20ClN3O3S. The van der Waals surface area contributed by atoms with Gasteiger partial charge in [-0.3, -0.25) is 9.78 Å². The van der Waals surface area contributed by atoms with Crippen molar-refractivity contribution < 1.29 is 13.2 Å². The third kappa shape index (κ3) is 5.41. The second-order valence-electron chi connectivity index (χ2n) is 6.44. The van der Waals surface area contributed by atoms with Crippen LogP contribution in [-0.2, 0) is 16.6 Å². The molecule has 3 rings (SSSR count). The molecule has 150 valence electrons. The Balaban J connectivity index is 1.77. The summed E-state index contributed by atoms with van der Waals surface area (Å²) in [6, 6.07) is 16.6. The summed E-state index contributed by atoms with van der Waals surface area (Å²) in [6.07, 6.45) is 3.31. The average molecular weight is 430 g/mol. The van der Waals surface area contributed by atoms with E-state index in [1.165, 1.54) is 18.2 Å². The van der Waals surface area contributed by atoms with Gasteiger partial charge in [0.2, 0.25) is 10.0 Å². The quantitative estimate of drug-likeness (QED) is 0.599. The van der Waals surface area contributed by atoms with Crippen LogP contribution in [0, 0.1) is 0 Å². The van der Waals surface area contributed by atoms with Crippen molar-refractivity contribution in [3.8, 4) is 0 Å². The van der Waals surface area contributed by atoms with Crippen LogP contribution in [0.25, 0.3) is 0 Å². The van der Waals surface area contributed by atoms with E-state index in [1.54, 1.807) is 18.5 Å². The summed E-state index contributed by atoms with van der Waals surface area (Å²) in [5.74, 6) is -0.405. The standard InChI is InChI=1S/C21H20ClN3O3S/c1-15(18-8-5-11-23-14-18)25-21(26)17-9-10-19(22)20(12-17)29(27,28)24-13-16-6-3-2-4-7-16/h2-12,14-15,24H,13H2,1H3,(H,25,26). The number of hydrogen-bond acceptors (Lipinski definition) is 4. The van der Waals surface area contributed by atoms with Gasteiger partial charge in [0.05, 0.1) is 11.1 Å². The van der Waals surface area contributed by atoms with Crippen LogP contribution in [0.5, 0.6) is 0 Å². The maximum atomic E-state index is 12.7. The third-order valence-electron chi connectivity index (χ3n) is 4.32. The first-order chi connectivity index (χ1) is 13.9. The van der Waals surface area contributed by atoms with E-state index in [9.17, 15) is 13.2 Å². The third-order valence-corrected chi connectivity index (χ3v) is 6.21. The molecule has 1 atom stereocenters. The first kappa shape index (κ1) is 21.0. The van der Waals surface area contributed by atoms with Crippen LogP contribution in [0.3, 0.4) is 0 Å². The van der Waals surface area contributed by atoms with Crippen molar-refractivity contribution >= 4 is 27.5 Å². The summed E-state index contributed by atoms with van der Waals surface area (Å²) >= 11 is 6.11. The first-order valence-electron chi connectivity index (χ1n) is 8.91. The van der Waals surface area contributed by atoms with E-state index >= 15 is 0 Å². The van der Waals surface area contributed by atoms with Crippen molar-refractivity contribution in [2.75, 3.05) is 0 Å². The zero-order valence-corrected chi connectivity index (χ0v) is 17.2. The van der Waals surface area contributed by atoms with E-state index in [1.807, 2.05) is 43.3 Å². The summed E-state index contributed by atoms with van der Waals surface area (Å²) in [5, 5.41) is 2.88. The molecule has 8 heteroatoms. The molecule has 0 bridgehead atoms. The van der Waals surface area contributed by atoms with E-state index in [0.717, 1.165) is 11.1 Å². The molecule has 6 nitrogen and oxygen atoms in total. The molecular weight excluding hydrogens is 410 g/mol. The van der Waals surface area contributed by atoms with Gasteiger partial charge in [0, 0.05) is 24.5 Å². The van der Waals surface area contributed by atoms with E-state index in [2.05, 4.69) is 15.0 Å². The van der Waals surface area contributed by atoms with Gasteiger partial charge in [-0.15, -0.1) is 0 Å². The lowest BCUT2D eigenvalue weighted by atomic mass is 10.1. The first-order valence-corrected chi connectivity index (χ1v) is 10.8. The van der Waals surface area contributed by atoms with Gasteiger partial charge in [0.1, 0.15) is 4.90 Å². The van der Waals surface area contributed by atoms with Gasteiger partial charge in [-0.25, -0.2) is 13.1 Å². The van der Waals surface area contributed by atoms with Crippen LogP contribution in [-0.4, -0.2) is 19.3 Å². The molecule has 1 aromatic heterocycles. The molecule has 3 aromatic rings. The Morgan fingerprint density at radius 3 is 2.55 bits per heavy atom.